The molecule has 1 aromatic carbocycles. The number of carbonyl (C=O) groups is 1. The van der Waals surface area contributed by atoms with Crippen molar-refractivity contribution >= 4 is 11.6 Å². The molecule has 0 aliphatic carbocycles. The molecule has 6 heteroatoms. The van der Waals surface area contributed by atoms with Gasteiger partial charge < -0.3 is 11.1 Å². The molecule has 1 aliphatic rings. The van der Waals surface area contributed by atoms with E-state index in [1.165, 1.54) is 6.07 Å². The molecule has 3 N–H and O–H groups in total. The first-order chi connectivity index (χ1) is 9.42. The van der Waals surface area contributed by atoms with Crippen LogP contribution in [0.3, 0.4) is 0 Å². The molecule has 1 amide bonds. The van der Waals surface area contributed by atoms with Crippen molar-refractivity contribution in [3.8, 4) is 0 Å². The van der Waals surface area contributed by atoms with Crippen LogP contribution in [-0.4, -0.2) is 37.0 Å². The number of halogens is 2. The van der Waals surface area contributed by atoms with Gasteiger partial charge in [-0.3, -0.25) is 9.69 Å². The third-order valence-corrected chi connectivity index (χ3v) is 3.70. The molecule has 1 heterocycles. The average Bonchev–Trinajstić information content (AvgIpc) is 2.75. The van der Waals surface area contributed by atoms with E-state index in [0.29, 0.717) is 6.54 Å². The topological polar surface area (TPSA) is 58.4 Å². The number of benzene rings is 1. The number of rotatable bonds is 4. The van der Waals surface area contributed by atoms with Gasteiger partial charge in [0.2, 0.25) is 5.91 Å². The Bertz CT molecular complexity index is 509. The van der Waals surface area contributed by atoms with Gasteiger partial charge in [0.25, 0.3) is 0 Å². The number of amides is 1. The quantitative estimate of drug-likeness (QED) is 0.882. The van der Waals surface area contributed by atoms with Crippen molar-refractivity contribution in [1.82, 2.24) is 4.90 Å². The summed E-state index contributed by atoms with van der Waals surface area (Å²) in [6, 6.07) is 3.08. The lowest BCUT2D eigenvalue weighted by molar-refractivity contribution is -0.117. The Morgan fingerprint density at radius 2 is 2.25 bits per heavy atom. The summed E-state index contributed by atoms with van der Waals surface area (Å²) in [5.74, 6) is -1.75. The Morgan fingerprint density at radius 1 is 1.50 bits per heavy atom. The number of anilines is 1. The summed E-state index contributed by atoms with van der Waals surface area (Å²) in [7, 11) is 0. The number of hydrogen-bond donors (Lipinski definition) is 2. The molecule has 0 aromatic heterocycles. The lowest BCUT2D eigenvalue weighted by Gasteiger charge is -2.22. The highest BCUT2D eigenvalue weighted by atomic mass is 19.1. The molecular formula is C14H19F2N3O. The Morgan fingerprint density at radius 3 is 2.85 bits per heavy atom. The fraction of sp³-hybridized carbons (Fsp3) is 0.500. The Labute approximate surface area is 116 Å². The third-order valence-electron chi connectivity index (χ3n) is 3.70. The maximum atomic E-state index is 13.4. The van der Waals surface area contributed by atoms with Crippen LogP contribution in [0.25, 0.3) is 0 Å². The maximum absolute atomic E-state index is 13.4. The van der Waals surface area contributed by atoms with Gasteiger partial charge in [0.15, 0.2) is 0 Å². The Balaban J connectivity index is 1.90. The van der Waals surface area contributed by atoms with Gasteiger partial charge in [-0.25, -0.2) is 8.78 Å². The lowest BCUT2D eigenvalue weighted by Crippen LogP contribution is -2.35. The van der Waals surface area contributed by atoms with Gasteiger partial charge in [-0.15, -0.1) is 0 Å². The maximum Gasteiger partial charge on any atom is 0.238 e. The Hall–Kier alpha value is -1.53. The zero-order chi connectivity index (χ0) is 14.8. The molecule has 0 radical (unpaired) electrons. The Kier molecular flexibility index (Phi) is 4.35. The van der Waals surface area contributed by atoms with Gasteiger partial charge in [-0.1, -0.05) is 6.92 Å². The van der Waals surface area contributed by atoms with E-state index in [9.17, 15) is 13.6 Å². The van der Waals surface area contributed by atoms with E-state index < -0.39 is 11.6 Å². The summed E-state index contributed by atoms with van der Waals surface area (Å²) < 4.78 is 26.2. The summed E-state index contributed by atoms with van der Waals surface area (Å²) in [4.78, 5) is 13.9. The van der Waals surface area contributed by atoms with Gasteiger partial charge in [-0.05, 0) is 37.1 Å². The summed E-state index contributed by atoms with van der Waals surface area (Å²) >= 11 is 0. The molecule has 1 unspecified atom stereocenters. The van der Waals surface area contributed by atoms with E-state index in [-0.39, 0.29) is 23.6 Å². The predicted molar refractivity (Wildman–Crippen MR) is 73.2 cm³/mol. The van der Waals surface area contributed by atoms with Crippen LogP contribution in [-0.2, 0) is 4.79 Å². The van der Waals surface area contributed by atoms with Crippen molar-refractivity contribution in [2.75, 3.05) is 31.5 Å². The molecule has 1 aromatic rings. The van der Waals surface area contributed by atoms with E-state index >= 15 is 0 Å². The van der Waals surface area contributed by atoms with Gasteiger partial charge in [0, 0.05) is 12.6 Å². The highest BCUT2D eigenvalue weighted by Crippen LogP contribution is 2.28. The van der Waals surface area contributed by atoms with Crippen molar-refractivity contribution in [3.05, 3.63) is 29.8 Å². The largest absolute Gasteiger partial charge is 0.330 e. The van der Waals surface area contributed by atoms with Crippen LogP contribution in [0.5, 0.6) is 0 Å². The monoisotopic (exact) mass is 283 g/mol. The number of nitrogens with two attached hydrogens (primary N) is 1. The normalized spacial score (nSPS) is 23.0. The summed E-state index contributed by atoms with van der Waals surface area (Å²) in [6.45, 7) is 4.41. The second-order valence-corrected chi connectivity index (χ2v) is 5.65. The van der Waals surface area contributed by atoms with Gasteiger partial charge >= 0.3 is 0 Å². The third kappa shape index (κ3) is 3.52. The second-order valence-electron chi connectivity index (χ2n) is 5.65. The molecule has 20 heavy (non-hydrogen) atoms. The summed E-state index contributed by atoms with van der Waals surface area (Å²) in [6.07, 6.45) is 0.946. The molecule has 0 bridgehead atoms. The van der Waals surface area contributed by atoms with Gasteiger partial charge in [-0.2, -0.15) is 0 Å². The molecule has 1 saturated heterocycles. The van der Waals surface area contributed by atoms with Crippen LogP contribution in [0.4, 0.5) is 14.5 Å². The van der Waals surface area contributed by atoms with Crippen molar-refractivity contribution in [1.29, 1.82) is 0 Å². The van der Waals surface area contributed by atoms with Gasteiger partial charge in [0.1, 0.15) is 11.6 Å². The minimum absolute atomic E-state index is 0.00261. The summed E-state index contributed by atoms with van der Waals surface area (Å²) in [5, 5.41) is 2.46. The predicted octanol–water partition coefficient (Wildman–Crippen LogP) is 1.57. The highest BCUT2D eigenvalue weighted by molar-refractivity contribution is 5.92. The SMILES string of the molecule is CC1(CN)CCN(CC(=O)Nc2ccc(F)cc2F)C1. The number of nitrogens with zero attached hydrogens (tertiary/aromatic N) is 1. The second kappa shape index (κ2) is 5.85. The molecule has 0 saturated carbocycles. The first-order valence-corrected chi connectivity index (χ1v) is 6.59. The first kappa shape index (κ1) is 14.9. The van der Waals surface area contributed by atoms with E-state index in [4.69, 9.17) is 5.73 Å². The van der Waals surface area contributed by atoms with Crippen LogP contribution >= 0.6 is 0 Å². The smallest absolute Gasteiger partial charge is 0.238 e. The van der Waals surface area contributed by atoms with Gasteiger partial charge in [0.05, 0.1) is 12.2 Å². The first-order valence-electron chi connectivity index (χ1n) is 6.59. The van der Waals surface area contributed by atoms with Crippen molar-refractivity contribution in [3.63, 3.8) is 0 Å². The highest BCUT2D eigenvalue weighted by Gasteiger charge is 2.33. The van der Waals surface area contributed by atoms with Crippen molar-refractivity contribution in [2.24, 2.45) is 11.1 Å². The molecular weight excluding hydrogens is 264 g/mol. The van der Waals surface area contributed by atoms with E-state index in [2.05, 4.69) is 12.2 Å². The number of nitrogens with one attached hydrogen (secondary N) is 1. The fourth-order valence-corrected chi connectivity index (χ4v) is 2.41. The number of carbonyl (C=O) groups excluding carboxylic acids is 1. The summed E-state index contributed by atoms with van der Waals surface area (Å²) in [5.41, 5.74) is 5.75. The zero-order valence-electron chi connectivity index (χ0n) is 11.5. The van der Waals surface area contributed by atoms with Crippen LogP contribution in [0, 0.1) is 17.0 Å². The van der Waals surface area contributed by atoms with E-state index in [1.54, 1.807) is 0 Å². The lowest BCUT2D eigenvalue weighted by atomic mass is 9.90. The molecule has 4 nitrogen and oxygen atoms in total. The minimum Gasteiger partial charge on any atom is -0.330 e. The molecule has 2 rings (SSSR count). The fourth-order valence-electron chi connectivity index (χ4n) is 2.41. The number of hydrogen-bond acceptors (Lipinski definition) is 3. The standard InChI is InChI=1S/C14H19F2N3O/c1-14(8-17)4-5-19(9-14)7-13(20)18-12-3-2-10(15)6-11(12)16/h2-3,6H,4-5,7-9,17H2,1H3,(H,18,20). The molecule has 1 atom stereocenters. The van der Waals surface area contributed by atoms with Crippen LogP contribution in [0.1, 0.15) is 13.3 Å². The van der Waals surface area contributed by atoms with Crippen LogP contribution in [0.15, 0.2) is 18.2 Å². The van der Waals surface area contributed by atoms with E-state index in [0.717, 1.165) is 31.6 Å². The van der Waals surface area contributed by atoms with Crippen molar-refractivity contribution in [2.45, 2.75) is 13.3 Å². The molecule has 110 valence electrons. The molecule has 0 spiro atoms. The van der Waals surface area contributed by atoms with Crippen LogP contribution < -0.4 is 11.1 Å². The van der Waals surface area contributed by atoms with Crippen LogP contribution in [0.2, 0.25) is 0 Å². The van der Waals surface area contributed by atoms with E-state index in [1.807, 2.05) is 4.90 Å². The molecule has 1 fully saturated rings. The average molecular weight is 283 g/mol. The molecule has 1 aliphatic heterocycles. The van der Waals surface area contributed by atoms with Crippen molar-refractivity contribution < 1.29 is 13.6 Å². The number of likely N-dealkylation sites (tertiary alicyclic amines) is 1. The minimum atomic E-state index is -0.772. The zero-order valence-corrected chi connectivity index (χ0v) is 11.5.